The number of ether oxygens (including phenoxy) is 1. The molecule has 2 rings (SSSR count). The second-order valence-corrected chi connectivity index (χ2v) is 9.84. The van der Waals surface area contributed by atoms with Gasteiger partial charge in [-0.1, -0.05) is 21.8 Å². The van der Waals surface area contributed by atoms with E-state index in [0.717, 1.165) is 6.92 Å². The number of aliphatic hydroxyl groups is 1. The van der Waals surface area contributed by atoms with Crippen molar-refractivity contribution in [2.24, 2.45) is 29.1 Å². The molecule has 1 N–H and O–H groups in total. The molecule has 2 aliphatic rings. The Morgan fingerprint density at radius 1 is 0.853 bits per heavy atom. The van der Waals surface area contributed by atoms with Gasteiger partial charge in [-0.2, -0.15) is 39.5 Å². The summed E-state index contributed by atoms with van der Waals surface area (Å²) in [5.74, 6) is -4.49. The minimum Gasteiger partial charge on any atom is -0.459 e. The lowest BCUT2D eigenvalue weighted by molar-refractivity contribution is -0.373. The van der Waals surface area contributed by atoms with Crippen LogP contribution in [0, 0.1) is 29.1 Å². The number of hydrogen-bond acceptors (Lipinski definition) is 3. The van der Waals surface area contributed by atoms with E-state index in [4.69, 9.17) is 4.74 Å². The van der Waals surface area contributed by atoms with E-state index in [1.807, 2.05) is 0 Å². The van der Waals surface area contributed by atoms with Gasteiger partial charge in [0, 0.05) is 5.92 Å². The maximum Gasteiger partial charge on any atom is 0.426 e. The third-order valence-electron chi connectivity index (χ3n) is 7.48. The van der Waals surface area contributed by atoms with Crippen molar-refractivity contribution in [1.82, 2.24) is 0 Å². The highest BCUT2D eigenvalue weighted by Gasteiger charge is 2.71. The van der Waals surface area contributed by atoms with Gasteiger partial charge < -0.3 is 9.84 Å². The van der Waals surface area contributed by atoms with Crippen molar-refractivity contribution < 1.29 is 54.2 Å². The molecule has 204 valence electrons. The van der Waals surface area contributed by atoms with E-state index in [1.165, 1.54) is 13.8 Å². The van der Waals surface area contributed by atoms with Crippen molar-refractivity contribution in [2.45, 2.75) is 104 Å². The highest BCUT2D eigenvalue weighted by Crippen LogP contribution is 2.60. The molecule has 0 aromatic carbocycles. The summed E-state index contributed by atoms with van der Waals surface area (Å²) in [6.07, 6.45) is -18.4. The summed E-state index contributed by atoms with van der Waals surface area (Å²) in [4.78, 5) is 12.4. The molecule has 2 aliphatic carbocycles. The van der Waals surface area contributed by atoms with Crippen LogP contribution in [0.3, 0.4) is 0 Å². The largest absolute Gasteiger partial charge is 0.459 e. The minimum absolute atomic E-state index is 0. The maximum atomic E-state index is 13.4. The van der Waals surface area contributed by atoms with Gasteiger partial charge in [-0.05, 0) is 70.6 Å². The molecule has 0 saturated heterocycles. The normalized spacial score (nSPS) is 27.5. The van der Waals surface area contributed by atoms with Gasteiger partial charge in [0.2, 0.25) is 0 Å². The zero-order valence-electron chi connectivity index (χ0n) is 18.0. The highest BCUT2D eigenvalue weighted by atomic mass is 19.4. The predicted octanol–water partition coefficient (Wildman–Crippen LogP) is 7.47. The van der Waals surface area contributed by atoms with E-state index >= 15 is 0 Å². The monoisotopic (exact) mass is 518 g/mol. The van der Waals surface area contributed by atoms with Gasteiger partial charge in [0.05, 0.1) is 0 Å². The van der Waals surface area contributed by atoms with Crippen LogP contribution in [0.2, 0.25) is 0 Å². The van der Waals surface area contributed by atoms with E-state index in [0.29, 0.717) is 13.3 Å². The molecule has 0 radical (unpaired) electrons. The topological polar surface area (TPSA) is 46.5 Å². The van der Waals surface area contributed by atoms with Gasteiger partial charge in [-0.3, -0.25) is 4.79 Å². The van der Waals surface area contributed by atoms with Gasteiger partial charge in [0.25, 0.3) is 5.60 Å². The van der Waals surface area contributed by atoms with Crippen LogP contribution in [0.25, 0.3) is 0 Å². The summed E-state index contributed by atoms with van der Waals surface area (Å²) < 4.78 is 124. The molecule has 5 atom stereocenters. The first-order chi connectivity index (χ1) is 14.1. The van der Waals surface area contributed by atoms with Crippen LogP contribution in [0.4, 0.5) is 39.5 Å². The molecule has 0 aliphatic heterocycles. The second kappa shape index (κ2) is 9.69. The smallest absolute Gasteiger partial charge is 0.426 e. The minimum atomic E-state index is -5.94. The van der Waals surface area contributed by atoms with E-state index in [-0.39, 0.29) is 33.6 Å². The molecule has 2 bridgehead atoms. The number of rotatable bonds is 6. The Labute approximate surface area is 194 Å². The average Bonchev–Trinajstić information content (AvgIpc) is 3.18. The third-order valence-corrected chi connectivity index (χ3v) is 7.48. The molecule has 2 saturated carbocycles. The molecule has 0 spiro atoms. The van der Waals surface area contributed by atoms with E-state index in [2.05, 4.69) is 0 Å². The van der Waals surface area contributed by atoms with E-state index in [9.17, 15) is 49.4 Å². The molecule has 0 aromatic heterocycles. The first-order valence-corrected chi connectivity index (χ1v) is 10.3. The van der Waals surface area contributed by atoms with Gasteiger partial charge in [-0.25, -0.2) is 0 Å². The first kappa shape index (κ1) is 32.8. The fourth-order valence-electron chi connectivity index (χ4n) is 5.19. The lowest BCUT2D eigenvalue weighted by Gasteiger charge is -2.43. The summed E-state index contributed by atoms with van der Waals surface area (Å²) in [6.45, 7) is 4.48. The molecule has 2 fully saturated rings. The Balaban J connectivity index is 0.00000544. The molecule has 34 heavy (non-hydrogen) atoms. The van der Waals surface area contributed by atoms with Crippen molar-refractivity contribution in [1.29, 1.82) is 0 Å². The number of halogens is 9. The van der Waals surface area contributed by atoms with Crippen molar-refractivity contribution >= 4 is 5.97 Å². The molecule has 0 amide bonds. The van der Waals surface area contributed by atoms with Gasteiger partial charge in [0.15, 0.2) is 5.41 Å². The Bertz CT molecular complexity index is 698. The van der Waals surface area contributed by atoms with Crippen LogP contribution in [0.5, 0.6) is 0 Å². The van der Waals surface area contributed by atoms with Crippen LogP contribution in [0.1, 0.15) is 74.7 Å². The SMILES string of the molecule is C.C.CCC(C)(C(=O)OC(C)(C)C1CC2CC(CC(O)(C(F)(F)F)C(F)(F)F)C1C2)C(F)(F)F. The van der Waals surface area contributed by atoms with Crippen molar-refractivity contribution in [3.63, 3.8) is 0 Å². The summed E-state index contributed by atoms with van der Waals surface area (Å²) in [5.41, 5.74) is -9.24. The van der Waals surface area contributed by atoms with Crippen molar-refractivity contribution in [3.05, 3.63) is 0 Å². The Kier molecular flexibility index (Phi) is 9.35. The molecular weight excluding hydrogens is 483 g/mol. The number of fused-ring (bicyclic) bond motifs is 2. The first-order valence-electron chi connectivity index (χ1n) is 10.3. The Morgan fingerprint density at radius 3 is 1.68 bits per heavy atom. The van der Waals surface area contributed by atoms with Crippen molar-refractivity contribution in [3.8, 4) is 0 Å². The van der Waals surface area contributed by atoms with Gasteiger partial charge in [0.1, 0.15) is 5.60 Å². The van der Waals surface area contributed by atoms with Gasteiger partial charge >= 0.3 is 24.5 Å². The van der Waals surface area contributed by atoms with Crippen LogP contribution in [-0.2, 0) is 9.53 Å². The Morgan fingerprint density at radius 2 is 1.32 bits per heavy atom. The molecule has 3 nitrogen and oxygen atoms in total. The summed E-state index contributed by atoms with van der Waals surface area (Å²) in [6, 6.07) is 0. The summed E-state index contributed by atoms with van der Waals surface area (Å²) >= 11 is 0. The van der Waals surface area contributed by atoms with Crippen molar-refractivity contribution in [2.75, 3.05) is 0 Å². The maximum absolute atomic E-state index is 13.4. The highest BCUT2D eigenvalue weighted by molar-refractivity contribution is 5.77. The third kappa shape index (κ3) is 5.46. The average molecular weight is 519 g/mol. The number of esters is 1. The standard InChI is InChI=1S/C20H27F9O3.2CH4/c1-5-16(4,18(21,22)23)14(30)32-15(2,3)13-8-10-6-11(12(13)7-10)9-17(31,19(24,25)26)20(27,28)29;;/h10-13,31H,5-9H2,1-4H3;2*1H4. The van der Waals surface area contributed by atoms with Crippen LogP contribution < -0.4 is 0 Å². The quantitative estimate of drug-likeness (QED) is 0.293. The number of carbonyl (C=O) groups excluding carboxylic acids is 1. The summed E-state index contributed by atoms with van der Waals surface area (Å²) in [7, 11) is 0. The molecule has 12 heteroatoms. The molecule has 0 aromatic rings. The van der Waals surface area contributed by atoms with E-state index < -0.39 is 71.7 Å². The Hall–Kier alpha value is -1.20. The predicted molar refractivity (Wildman–Crippen MR) is 108 cm³/mol. The lowest BCUT2D eigenvalue weighted by atomic mass is 9.69. The van der Waals surface area contributed by atoms with Crippen LogP contribution in [0.15, 0.2) is 0 Å². The molecular formula is C22H35F9O3. The second-order valence-electron chi connectivity index (χ2n) is 9.84. The number of hydrogen-bond donors (Lipinski definition) is 1. The van der Waals surface area contributed by atoms with Crippen LogP contribution >= 0.6 is 0 Å². The zero-order valence-corrected chi connectivity index (χ0v) is 18.0. The fraction of sp³-hybridized carbons (Fsp3) is 0.955. The van der Waals surface area contributed by atoms with E-state index in [1.54, 1.807) is 0 Å². The zero-order chi connectivity index (χ0) is 25.1. The van der Waals surface area contributed by atoms with Crippen LogP contribution in [-0.4, -0.2) is 40.8 Å². The number of carbonyl (C=O) groups is 1. The fourth-order valence-corrected chi connectivity index (χ4v) is 5.19. The summed E-state index contributed by atoms with van der Waals surface area (Å²) in [5, 5.41) is 9.58. The molecule has 5 unspecified atom stereocenters. The lowest BCUT2D eigenvalue weighted by Crippen LogP contribution is -2.58. The molecule has 0 heterocycles. The number of alkyl halides is 9. The van der Waals surface area contributed by atoms with Gasteiger partial charge in [-0.15, -0.1) is 0 Å².